The SMILES string of the molecule is C#CC(CCC)Nc1ccc([N+](=O)[O-])cc1I. The van der Waals surface area contributed by atoms with Gasteiger partial charge in [-0.05, 0) is 35.1 Å². The van der Waals surface area contributed by atoms with E-state index in [4.69, 9.17) is 6.42 Å². The van der Waals surface area contributed by atoms with Gasteiger partial charge in [-0.2, -0.15) is 0 Å². The van der Waals surface area contributed by atoms with Crippen molar-refractivity contribution in [1.29, 1.82) is 0 Å². The Morgan fingerprint density at radius 3 is 2.82 bits per heavy atom. The number of hydrogen-bond donors (Lipinski definition) is 1. The Hall–Kier alpha value is -1.29. The second-order valence-electron chi connectivity index (χ2n) is 3.57. The van der Waals surface area contributed by atoms with Crippen molar-refractivity contribution in [1.82, 2.24) is 0 Å². The molecule has 90 valence electrons. The number of nitrogens with one attached hydrogen (secondary N) is 1. The van der Waals surface area contributed by atoms with E-state index in [1.807, 2.05) is 0 Å². The molecule has 0 spiro atoms. The van der Waals surface area contributed by atoms with Crippen LogP contribution in [-0.2, 0) is 0 Å². The predicted molar refractivity (Wildman–Crippen MR) is 77.0 cm³/mol. The minimum atomic E-state index is -0.406. The largest absolute Gasteiger partial charge is 0.371 e. The lowest BCUT2D eigenvalue weighted by molar-refractivity contribution is -0.384. The van der Waals surface area contributed by atoms with Gasteiger partial charge in [0.1, 0.15) is 0 Å². The van der Waals surface area contributed by atoms with E-state index in [9.17, 15) is 10.1 Å². The molecule has 0 aromatic heterocycles. The zero-order valence-corrected chi connectivity index (χ0v) is 11.6. The monoisotopic (exact) mass is 344 g/mol. The summed E-state index contributed by atoms with van der Waals surface area (Å²) in [5.41, 5.74) is 0.931. The summed E-state index contributed by atoms with van der Waals surface area (Å²) in [7, 11) is 0. The van der Waals surface area contributed by atoms with Crippen LogP contribution in [-0.4, -0.2) is 11.0 Å². The molecule has 0 aliphatic heterocycles. The fourth-order valence-electron chi connectivity index (χ4n) is 1.41. The summed E-state index contributed by atoms with van der Waals surface area (Å²) >= 11 is 2.06. The third kappa shape index (κ3) is 3.89. The first kappa shape index (κ1) is 13.8. The van der Waals surface area contributed by atoms with Crippen molar-refractivity contribution in [3.8, 4) is 12.3 Å². The molecule has 0 radical (unpaired) electrons. The lowest BCUT2D eigenvalue weighted by Gasteiger charge is -2.14. The fraction of sp³-hybridized carbons (Fsp3) is 0.333. The predicted octanol–water partition coefficient (Wildman–Crippen LogP) is 3.41. The average Bonchev–Trinajstić information content (AvgIpc) is 2.30. The lowest BCUT2D eigenvalue weighted by atomic mass is 10.1. The molecule has 0 fully saturated rings. The maximum atomic E-state index is 10.6. The van der Waals surface area contributed by atoms with Gasteiger partial charge in [-0.3, -0.25) is 10.1 Å². The molecule has 1 rings (SSSR count). The topological polar surface area (TPSA) is 55.2 Å². The van der Waals surface area contributed by atoms with Crippen molar-refractivity contribution in [3.05, 3.63) is 31.9 Å². The molecule has 1 unspecified atom stereocenters. The molecule has 0 saturated heterocycles. The van der Waals surface area contributed by atoms with Crippen molar-refractivity contribution >= 4 is 34.0 Å². The number of nitro groups is 1. The number of anilines is 1. The van der Waals surface area contributed by atoms with Crippen molar-refractivity contribution in [2.45, 2.75) is 25.8 Å². The lowest BCUT2D eigenvalue weighted by Crippen LogP contribution is -2.17. The molecule has 0 saturated carbocycles. The average molecular weight is 344 g/mol. The van der Waals surface area contributed by atoms with Crippen LogP contribution in [0, 0.1) is 26.0 Å². The Labute approximate surface area is 114 Å². The van der Waals surface area contributed by atoms with Crippen molar-refractivity contribution < 1.29 is 4.92 Å². The van der Waals surface area contributed by atoms with Gasteiger partial charge in [0.15, 0.2) is 0 Å². The molecule has 17 heavy (non-hydrogen) atoms. The third-order valence-corrected chi connectivity index (χ3v) is 3.16. The van der Waals surface area contributed by atoms with Crippen LogP contribution in [0.5, 0.6) is 0 Å². The Balaban J connectivity index is 2.86. The summed E-state index contributed by atoms with van der Waals surface area (Å²) in [5.74, 6) is 2.67. The van der Waals surface area contributed by atoms with Gasteiger partial charge >= 0.3 is 0 Å². The Morgan fingerprint density at radius 1 is 1.65 bits per heavy atom. The molecule has 0 aliphatic rings. The molecular formula is C12H13IN2O2. The van der Waals surface area contributed by atoms with E-state index in [0.717, 1.165) is 22.1 Å². The second kappa shape index (κ2) is 6.45. The third-order valence-electron chi connectivity index (χ3n) is 2.27. The normalized spacial score (nSPS) is 11.6. The van der Waals surface area contributed by atoms with Crippen molar-refractivity contribution in [2.75, 3.05) is 5.32 Å². The number of nitro benzene ring substituents is 1. The molecule has 5 heteroatoms. The number of rotatable bonds is 5. The van der Waals surface area contributed by atoms with Crippen LogP contribution < -0.4 is 5.32 Å². The van der Waals surface area contributed by atoms with Gasteiger partial charge in [0.25, 0.3) is 5.69 Å². The molecule has 1 aromatic carbocycles. The zero-order chi connectivity index (χ0) is 12.8. The van der Waals surface area contributed by atoms with E-state index < -0.39 is 4.92 Å². The highest BCUT2D eigenvalue weighted by molar-refractivity contribution is 14.1. The number of halogens is 1. The fourth-order valence-corrected chi connectivity index (χ4v) is 2.06. The molecule has 1 N–H and O–H groups in total. The summed E-state index contributed by atoms with van der Waals surface area (Å²) in [4.78, 5) is 10.2. The first-order chi connectivity index (χ1) is 8.08. The molecule has 0 aliphatic carbocycles. The molecule has 1 atom stereocenters. The minimum Gasteiger partial charge on any atom is -0.371 e. The maximum absolute atomic E-state index is 10.6. The van der Waals surface area contributed by atoms with Gasteiger partial charge in [-0.25, -0.2) is 0 Å². The van der Waals surface area contributed by atoms with Gasteiger partial charge in [-0.1, -0.05) is 19.3 Å². The van der Waals surface area contributed by atoms with Gasteiger partial charge in [0.2, 0.25) is 0 Å². The highest BCUT2D eigenvalue weighted by Crippen LogP contribution is 2.24. The molecule has 4 nitrogen and oxygen atoms in total. The van der Waals surface area contributed by atoms with E-state index in [2.05, 4.69) is 40.8 Å². The van der Waals surface area contributed by atoms with E-state index in [-0.39, 0.29) is 11.7 Å². The summed E-state index contributed by atoms with van der Waals surface area (Å²) in [5, 5.41) is 13.8. The number of hydrogen-bond acceptors (Lipinski definition) is 3. The van der Waals surface area contributed by atoms with Crippen LogP contribution in [0.25, 0.3) is 0 Å². The molecule has 0 amide bonds. The van der Waals surface area contributed by atoms with Crippen LogP contribution in [0.1, 0.15) is 19.8 Å². The zero-order valence-electron chi connectivity index (χ0n) is 9.44. The van der Waals surface area contributed by atoms with Gasteiger partial charge in [0.05, 0.1) is 11.0 Å². The van der Waals surface area contributed by atoms with Crippen molar-refractivity contribution in [2.24, 2.45) is 0 Å². The first-order valence-corrected chi connectivity index (χ1v) is 6.33. The Kier molecular flexibility index (Phi) is 5.22. The number of nitrogens with zero attached hydrogens (tertiary/aromatic N) is 1. The van der Waals surface area contributed by atoms with Gasteiger partial charge in [-0.15, -0.1) is 6.42 Å². The van der Waals surface area contributed by atoms with Gasteiger partial charge < -0.3 is 5.32 Å². The molecule has 1 aromatic rings. The smallest absolute Gasteiger partial charge is 0.270 e. The highest BCUT2D eigenvalue weighted by atomic mass is 127. The molecular weight excluding hydrogens is 331 g/mol. The van der Waals surface area contributed by atoms with Crippen LogP contribution in [0.4, 0.5) is 11.4 Å². The van der Waals surface area contributed by atoms with E-state index in [1.54, 1.807) is 6.07 Å². The maximum Gasteiger partial charge on any atom is 0.270 e. The van der Waals surface area contributed by atoms with Crippen LogP contribution in [0.3, 0.4) is 0 Å². The minimum absolute atomic E-state index is 0.0324. The summed E-state index contributed by atoms with van der Waals surface area (Å²) in [6.07, 6.45) is 7.28. The highest BCUT2D eigenvalue weighted by Gasteiger charge is 2.11. The van der Waals surface area contributed by atoms with Gasteiger partial charge in [0, 0.05) is 21.4 Å². The number of benzene rings is 1. The summed E-state index contributed by atoms with van der Waals surface area (Å²) in [6.45, 7) is 2.06. The van der Waals surface area contributed by atoms with Crippen LogP contribution in [0.2, 0.25) is 0 Å². The van der Waals surface area contributed by atoms with Crippen LogP contribution in [0.15, 0.2) is 18.2 Å². The molecule has 0 heterocycles. The van der Waals surface area contributed by atoms with E-state index >= 15 is 0 Å². The van der Waals surface area contributed by atoms with E-state index in [0.29, 0.717) is 0 Å². The van der Waals surface area contributed by atoms with Crippen molar-refractivity contribution in [3.63, 3.8) is 0 Å². The first-order valence-electron chi connectivity index (χ1n) is 5.25. The molecule has 0 bridgehead atoms. The Morgan fingerprint density at radius 2 is 2.35 bits per heavy atom. The number of non-ortho nitro benzene ring substituents is 1. The summed E-state index contributed by atoms with van der Waals surface area (Å²) in [6, 6.07) is 4.67. The second-order valence-corrected chi connectivity index (χ2v) is 4.74. The number of terminal acetylenes is 1. The van der Waals surface area contributed by atoms with E-state index in [1.165, 1.54) is 12.1 Å². The quantitative estimate of drug-likeness (QED) is 0.385. The van der Waals surface area contributed by atoms with Crippen LogP contribution >= 0.6 is 22.6 Å². The Bertz CT molecular complexity index is 454. The standard InChI is InChI=1S/C12H13IN2O2/c1-3-5-9(4-2)14-12-7-6-10(15(16)17)8-11(12)13/h2,6-9,14H,3,5H2,1H3. The summed E-state index contributed by atoms with van der Waals surface area (Å²) < 4.78 is 0.799.